The van der Waals surface area contributed by atoms with Crippen molar-refractivity contribution in [2.45, 2.75) is 32.3 Å². The van der Waals surface area contributed by atoms with Crippen LogP contribution in [0.3, 0.4) is 0 Å². The second-order valence-electron chi connectivity index (χ2n) is 6.20. The lowest BCUT2D eigenvalue weighted by molar-refractivity contribution is -0.105. The summed E-state index contributed by atoms with van der Waals surface area (Å²) in [6, 6.07) is 13.3. The van der Waals surface area contributed by atoms with Gasteiger partial charge in [-0.3, -0.25) is 4.79 Å². The number of aliphatic hydroxyl groups excluding tert-OH is 1. The SMILES string of the molecule is Cc1ccc(CCCCNC[C@H](O)c2ccc(O)c(NC=O)c2)cc1. The molecule has 0 unspecified atom stereocenters. The zero-order chi connectivity index (χ0) is 18.1. The highest BCUT2D eigenvalue weighted by atomic mass is 16.3. The number of phenolic OH excluding ortho intramolecular Hbond substituents is 1. The molecule has 1 amide bonds. The van der Waals surface area contributed by atoms with Gasteiger partial charge in [0.2, 0.25) is 6.41 Å². The van der Waals surface area contributed by atoms with Crippen molar-refractivity contribution in [3.8, 4) is 5.75 Å². The molecular formula is C20H26N2O3. The third kappa shape index (κ3) is 6.21. The molecule has 134 valence electrons. The van der Waals surface area contributed by atoms with Gasteiger partial charge < -0.3 is 20.8 Å². The molecule has 0 aromatic heterocycles. The Morgan fingerprint density at radius 3 is 2.60 bits per heavy atom. The standard InChI is InChI=1S/C20H26N2O3/c1-15-5-7-16(8-6-15)4-2-3-11-21-13-20(25)17-9-10-19(24)18(12-17)22-14-23/h5-10,12,14,20-21,24-25H,2-4,11,13H2,1H3,(H,22,23)/t20-/m0/s1. The van der Waals surface area contributed by atoms with Gasteiger partial charge in [-0.25, -0.2) is 0 Å². The van der Waals surface area contributed by atoms with Gasteiger partial charge in [0.25, 0.3) is 0 Å². The number of nitrogens with one attached hydrogen (secondary N) is 2. The molecule has 1 atom stereocenters. The van der Waals surface area contributed by atoms with E-state index in [1.54, 1.807) is 12.1 Å². The maximum absolute atomic E-state index is 10.5. The lowest BCUT2D eigenvalue weighted by Gasteiger charge is -2.14. The Bertz CT molecular complexity index is 671. The molecule has 25 heavy (non-hydrogen) atoms. The highest BCUT2D eigenvalue weighted by molar-refractivity contribution is 5.75. The number of aryl methyl sites for hydroxylation is 2. The number of hydrogen-bond acceptors (Lipinski definition) is 4. The second-order valence-corrected chi connectivity index (χ2v) is 6.20. The lowest BCUT2D eigenvalue weighted by Crippen LogP contribution is -2.22. The molecule has 2 rings (SSSR count). The molecule has 0 radical (unpaired) electrons. The minimum Gasteiger partial charge on any atom is -0.506 e. The normalized spacial score (nSPS) is 11.9. The van der Waals surface area contributed by atoms with E-state index in [1.807, 2.05) is 0 Å². The number of hydrogen-bond donors (Lipinski definition) is 4. The van der Waals surface area contributed by atoms with Crippen molar-refractivity contribution in [1.82, 2.24) is 5.32 Å². The van der Waals surface area contributed by atoms with Gasteiger partial charge in [0.05, 0.1) is 11.8 Å². The molecule has 0 aliphatic rings. The van der Waals surface area contributed by atoms with Crippen LogP contribution in [0.5, 0.6) is 5.75 Å². The minimum atomic E-state index is -0.690. The summed E-state index contributed by atoms with van der Waals surface area (Å²) in [4.78, 5) is 10.5. The topological polar surface area (TPSA) is 81.6 Å². The van der Waals surface area contributed by atoms with Crippen LogP contribution in [0.15, 0.2) is 42.5 Å². The monoisotopic (exact) mass is 342 g/mol. The summed E-state index contributed by atoms with van der Waals surface area (Å²) in [5.74, 6) is -0.0212. The zero-order valence-electron chi connectivity index (χ0n) is 14.5. The average molecular weight is 342 g/mol. The number of phenols is 1. The Kier molecular flexibility index (Phi) is 7.44. The van der Waals surface area contributed by atoms with Crippen LogP contribution < -0.4 is 10.6 Å². The molecule has 0 fully saturated rings. The number of aromatic hydroxyl groups is 1. The lowest BCUT2D eigenvalue weighted by atomic mass is 10.1. The molecular weight excluding hydrogens is 316 g/mol. The molecule has 5 nitrogen and oxygen atoms in total. The largest absolute Gasteiger partial charge is 0.506 e. The summed E-state index contributed by atoms with van der Waals surface area (Å²) < 4.78 is 0. The Morgan fingerprint density at radius 2 is 1.88 bits per heavy atom. The highest BCUT2D eigenvalue weighted by Crippen LogP contribution is 2.26. The second kappa shape index (κ2) is 9.81. The first kappa shape index (κ1) is 19.0. The van der Waals surface area contributed by atoms with E-state index in [-0.39, 0.29) is 5.75 Å². The van der Waals surface area contributed by atoms with Crippen LogP contribution in [0.1, 0.15) is 35.6 Å². The van der Waals surface area contributed by atoms with Crippen molar-refractivity contribution in [3.05, 3.63) is 59.2 Å². The molecule has 0 heterocycles. The predicted octanol–water partition coefficient (Wildman–Crippen LogP) is 2.91. The van der Waals surface area contributed by atoms with Crippen molar-refractivity contribution in [3.63, 3.8) is 0 Å². The summed E-state index contributed by atoms with van der Waals surface area (Å²) in [7, 11) is 0. The minimum absolute atomic E-state index is 0.0212. The number of carbonyl (C=O) groups excluding carboxylic acids is 1. The van der Waals surface area contributed by atoms with Gasteiger partial charge in [0.15, 0.2) is 0 Å². The number of anilines is 1. The van der Waals surface area contributed by atoms with Crippen molar-refractivity contribution in [1.29, 1.82) is 0 Å². The van der Waals surface area contributed by atoms with Gasteiger partial charge in [0.1, 0.15) is 5.75 Å². The first-order valence-corrected chi connectivity index (χ1v) is 8.57. The third-order valence-electron chi connectivity index (χ3n) is 4.15. The summed E-state index contributed by atoms with van der Waals surface area (Å²) in [6.07, 6.45) is 3.00. The van der Waals surface area contributed by atoms with E-state index in [2.05, 4.69) is 41.8 Å². The number of rotatable bonds is 10. The molecule has 0 saturated heterocycles. The van der Waals surface area contributed by atoms with Gasteiger partial charge >= 0.3 is 0 Å². The van der Waals surface area contributed by atoms with Crippen LogP contribution in [0.25, 0.3) is 0 Å². The van der Waals surface area contributed by atoms with Gasteiger partial charge in [-0.15, -0.1) is 0 Å². The number of carbonyl (C=O) groups is 1. The Labute approximate surface area is 148 Å². The number of amides is 1. The molecule has 5 heteroatoms. The Morgan fingerprint density at radius 1 is 1.12 bits per heavy atom. The molecule has 4 N–H and O–H groups in total. The van der Waals surface area contributed by atoms with E-state index in [0.29, 0.717) is 24.2 Å². The van der Waals surface area contributed by atoms with Gasteiger partial charge in [-0.05, 0) is 56.0 Å². The fraction of sp³-hybridized carbons (Fsp3) is 0.350. The Hall–Kier alpha value is -2.37. The number of aliphatic hydroxyl groups is 1. The molecule has 2 aromatic rings. The van der Waals surface area contributed by atoms with Gasteiger partial charge in [-0.1, -0.05) is 35.9 Å². The van der Waals surface area contributed by atoms with Gasteiger partial charge in [0, 0.05) is 6.54 Å². The van der Waals surface area contributed by atoms with E-state index in [1.165, 1.54) is 17.2 Å². The van der Waals surface area contributed by atoms with Crippen LogP contribution >= 0.6 is 0 Å². The first-order valence-electron chi connectivity index (χ1n) is 8.57. The van der Waals surface area contributed by atoms with Crippen LogP contribution in [-0.4, -0.2) is 29.7 Å². The van der Waals surface area contributed by atoms with Crippen LogP contribution in [-0.2, 0) is 11.2 Å². The fourth-order valence-electron chi connectivity index (χ4n) is 2.63. The predicted molar refractivity (Wildman–Crippen MR) is 99.7 cm³/mol. The summed E-state index contributed by atoms with van der Waals surface area (Å²) >= 11 is 0. The van der Waals surface area contributed by atoms with E-state index >= 15 is 0 Å². The van der Waals surface area contributed by atoms with E-state index < -0.39 is 6.10 Å². The van der Waals surface area contributed by atoms with E-state index in [4.69, 9.17) is 0 Å². The maximum Gasteiger partial charge on any atom is 0.211 e. The molecule has 0 saturated carbocycles. The van der Waals surface area contributed by atoms with Crippen molar-refractivity contribution >= 4 is 12.1 Å². The van der Waals surface area contributed by atoms with Crippen LogP contribution in [0.2, 0.25) is 0 Å². The molecule has 2 aromatic carbocycles. The summed E-state index contributed by atoms with van der Waals surface area (Å²) in [6.45, 7) is 3.35. The quantitative estimate of drug-likeness (QED) is 0.304. The number of unbranched alkanes of at least 4 members (excludes halogenated alkanes) is 1. The third-order valence-corrected chi connectivity index (χ3v) is 4.15. The zero-order valence-corrected chi connectivity index (χ0v) is 14.5. The summed E-state index contributed by atoms with van der Waals surface area (Å²) in [5.41, 5.74) is 3.57. The average Bonchev–Trinajstić information content (AvgIpc) is 2.61. The first-order chi connectivity index (χ1) is 12.1. The molecule has 0 bridgehead atoms. The van der Waals surface area contributed by atoms with E-state index in [9.17, 15) is 15.0 Å². The Balaban J connectivity index is 1.68. The van der Waals surface area contributed by atoms with Crippen LogP contribution in [0.4, 0.5) is 5.69 Å². The number of benzene rings is 2. The molecule has 0 spiro atoms. The summed E-state index contributed by atoms with van der Waals surface area (Å²) in [5, 5.41) is 25.5. The van der Waals surface area contributed by atoms with Gasteiger partial charge in [-0.2, -0.15) is 0 Å². The van der Waals surface area contributed by atoms with Crippen molar-refractivity contribution in [2.24, 2.45) is 0 Å². The highest BCUT2D eigenvalue weighted by Gasteiger charge is 2.10. The van der Waals surface area contributed by atoms with E-state index in [0.717, 1.165) is 25.8 Å². The smallest absolute Gasteiger partial charge is 0.211 e. The van der Waals surface area contributed by atoms with Crippen LogP contribution in [0, 0.1) is 6.92 Å². The fourth-order valence-corrected chi connectivity index (χ4v) is 2.63. The van der Waals surface area contributed by atoms with Crippen molar-refractivity contribution in [2.75, 3.05) is 18.4 Å². The maximum atomic E-state index is 10.5. The molecule has 0 aliphatic carbocycles. The molecule has 0 aliphatic heterocycles. The van der Waals surface area contributed by atoms with Crippen molar-refractivity contribution < 1.29 is 15.0 Å².